The molecule has 5 nitrogen and oxygen atoms in total. The molecule has 2 aromatic heterocycles. The SMILES string of the molecule is CCn1c(SCC(=O)NC2CC3CCC2(C)C3(C)C)nnc1-c1cccs1. The van der Waals surface area contributed by atoms with Gasteiger partial charge in [0.2, 0.25) is 5.91 Å². The maximum Gasteiger partial charge on any atom is 0.230 e. The molecule has 0 saturated heterocycles. The first kappa shape index (κ1) is 19.0. The molecule has 2 aliphatic rings. The Morgan fingerprint density at radius 3 is 2.81 bits per heavy atom. The first-order chi connectivity index (χ1) is 12.9. The van der Waals surface area contributed by atoms with Gasteiger partial charge in [-0.1, -0.05) is 38.6 Å². The number of hydrogen-bond donors (Lipinski definition) is 1. The van der Waals surface area contributed by atoms with Crippen LogP contribution >= 0.6 is 23.1 Å². The fourth-order valence-electron chi connectivity index (χ4n) is 5.06. The predicted molar refractivity (Wildman–Crippen MR) is 111 cm³/mol. The van der Waals surface area contributed by atoms with Crippen LogP contribution in [-0.2, 0) is 11.3 Å². The second-order valence-electron chi connectivity index (χ2n) is 8.55. The summed E-state index contributed by atoms with van der Waals surface area (Å²) in [5.41, 5.74) is 0.532. The number of hydrogen-bond acceptors (Lipinski definition) is 5. The molecule has 27 heavy (non-hydrogen) atoms. The Balaban J connectivity index is 1.39. The first-order valence-corrected chi connectivity index (χ1v) is 11.6. The van der Waals surface area contributed by atoms with Crippen LogP contribution in [0.2, 0.25) is 0 Å². The van der Waals surface area contributed by atoms with Crippen molar-refractivity contribution in [3.05, 3.63) is 17.5 Å². The van der Waals surface area contributed by atoms with Crippen molar-refractivity contribution in [1.82, 2.24) is 20.1 Å². The zero-order valence-corrected chi connectivity index (χ0v) is 18.1. The quantitative estimate of drug-likeness (QED) is 0.723. The summed E-state index contributed by atoms with van der Waals surface area (Å²) in [7, 11) is 0. The van der Waals surface area contributed by atoms with E-state index in [1.807, 2.05) is 11.4 Å². The van der Waals surface area contributed by atoms with Crippen molar-refractivity contribution >= 4 is 29.0 Å². The highest BCUT2D eigenvalue weighted by Crippen LogP contribution is 2.65. The van der Waals surface area contributed by atoms with Crippen LogP contribution in [0.15, 0.2) is 22.7 Å². The topological polar surface area (TPSA) is 59.8 Å². The van der Waals surface area contributed by atoms with Crippen molar-refractivity contribution in [3.8, 4) is 10.7 Å². The highest BCUT2D eigenvalue weighted by Gasteiger charge is 2.61. The van der Waals surface area contributed by atoms with Gasteiger partial charge in [-0.3, -0.25) is 4.79 Å². The van der Waals surface area contributed by atoms with Crippen LogP contribution in [0.4, 0.5) is 0 Å². The summed E-state index contributed by atoms with van der Waals surface area (Å²) in [5.74, 6) is 2.12. The van der Waals surface area contributed by atoms with Crippen LogP contribution in [0.5, 0.6) is 0 Å². The van der Waals surface area contributed by atoms with Gasteiger partial charge in [-0.15, -0.1) is 21.5 Å². The molecule has 2 saturated carbocycles. The van der Waals surface area contributed by atoms with Crippen LogP contribution in [0.25, 0.3) is 10.7 Å². The molecule has 0 aliphatic heterocycles. The standard InChI is InChI=1S/C20H28N4OS2/c1-5-24-17(14-7-6-10-26-14)22-23-18(24)27-12-16(25)21-15-11-13-8-9-20(15,4)19(13,2)3/h6-7,10,13,15H,5,8-9,11-12H2,1-4H3,(H,21,25). The summed E-state index contributed by atoms with van der Waals surface area (Å²) < 4.78 is 2.09. The number of aromatic nitrogens is 3. The molecule has 1 N–H and O–H groups in total. The Kier molecular flexibility index (Phi) is 4.87. The third-order valence-electron chi connectivity index (χ3n) is 7.24. The van der Waals surface area contributed by atoms with E-state index in [1.54, 1.807) is 11.3 Å². The molecule has 2 fully saturated rings. The second-order valence-corrected chi connectivity index (χ2v) is 10.4. The molecular formula is C20H28N4OS2. The molecule has 0 radical (unpaired) electrons. The van der Waals surface area contributed by atoms with Gasteiger partial charge in [0.05, 0.1) is 10.6 Å². The number of carbonyl (C=O) groups is 1. The van der Waals surface area contributed by atoms with E-state index in [0.29, 0.717) is 17.2 Å². The normalized spacial score (nSPS) is 28.6. The summed E-state index contributed by atoms with van der Waals surface area (Å²) in [6.45, 7) is 9.99. The largest absolute Gasteiger partial charge is 0.352 e. The van der Waals surface area contributed by atoms with Gasteiger partial charge in [0.25, 0.3) is 0 Å². The molecule has 146 valence electrons. The fraction of sp³-hybridized carbons (Fsp3) is 0.650. The average Bonchev–Trinajstić information content (AvgIpc) is 3.36. The first-order valence-electron chi connectivity index (χ1n) is 9.76. The maximum atomic E-state index is 12.6. The van der Waals surface area contributed by atoms with E-state index in [-0.39, 0.29) is 11.3 Å². The van der Waals surface area contributed by atoms with Crippen LogP contribution in [0.3, 0.4) is 0 Å². The lowest BCUT2D eigenvalue weighted by atomic mass is 9.69. The zero-order chi connectivity index (χ0) is 19.2. The molecular weight excluding hydrogens is 376 g/mol. The number of nitrogens with one attached hydrogen (secondary N) is 1. The van der Waals surface area contributed by atoms with Crippen molar-refractivity contribution in [2.24, 2.45) is 16.7 Å². The van der Waals surface area contributed by atoms with Gasteiger partial charge in [0, 0.05) is 12.6 Å². The van der Waals surface area contributed by atoms with E-state index < -0.39 is 0 Å². The van der Waals surface area contributed by atoms with Gasteiger partial charge in [-0.05, 0) is 54.4 Å². The summed E-state index contributed by atoms with van der Waals surface area (Å²) >= 11 is 3.14. The van der Waals surface area contributed by atoms with Crippen LogP contribution in [-0.4, -0.2) is 32.5 Å². The molecule has 0 aromatic carbocycles. The fourth-order valence-corrected chi connectivity index (χ4v) is 6.59. The van der Waals surface area contributed by atoms with Crippen molar-refractivity contribution < 1.29 is 4.79 Å². The molecule has 1 amide bonds. The molecule has 3 unspecified atom stereocenters. The molecule has 7 heteroatoms. The lowest BCUT2D eigenvalue weighted by Gasteiger charge is -2.39. The van der Waals surface area contributed by atoms with Crippen molar-refractivity contribution in [3.63, 3.8) is 0 Å². The Morgan fingerprint density at radius 2 is 2.22 bits per heavy atom. The average molecular weight is 405 g/mol. The Hall–Kier alpha value is -1.34. The lowest BCUT2D eigenvalue weighted by Crippen LogP contribution is -2.47. The van der Waals surface area contributed by atoms with E-state index in [0.717, 1.165) is 34.7 Å². The summed E-state index contributed by atoms with van der Waals surface area (Å²) in [6, 6.07) is 4.37. The molecule has 2 heterocycles. The zero-order valence-electron chi connectivity index (χ0n) is 16.5. The number of fused-ring (bicyclic) bond motifs is 2. The van der Waals surface area contributed by atoms with Crippen molar-refractivity contribution in [2.75, 3.05) is 5.75 Å². The van der Waals surface area contributed by atoms with E-state index in [1.165, 1.54) is 24.6 Å². The summed E-state index contributed by atoms with van der Waals surface area (Å²) in [6.07, 6.45) is 3.64. The van der Waals surface area contributed by atoms with Crippen LogP contribution in [0, 0.1) is 16.7 Å². The van der Waals surface area contributed by atoms with Crippen molar-refractivity contribution in [2.45, 2.75) is 64.7 Å². The van der Waals surface area contributed by atoms with Gasteiger partial charge >= 0.3 is 0 Å². The van der Waals surface area contributed by atoms with Crippen LogP contribution < -0.4 is 5.32 Å². The van der Waals surface area contributed by atoms with Crippen LogP contribution in [0.1, 0.15) is 47.0 Å². The third-order valence-corrected chi connectivity index (χ3v) is 9.07. The van der Waals surface area contributed by atoms with Gasteiger partial charge in [0.15, 0.2) is 11.0 Å². The highest BCUT2D eigenvalue weighted by atomic mass is 32.2. The smallest absolute Gasteiger partial charge is 0.230 e. The minimum absolute atomic E-state index is 0.109. The van der Waals surface area contributed by atoms with Gasteiger partial charge in [-0.2, -0.15) is 0 Å². The van der Waals surface area contributed by atoms with E-state index in [2.05, 4.69) is 53.8 Å². The number of carbonyl (C=O) groups excluding carboxylic acids is 1. The highest BCUT2D eigenvalue weighted by molar-refractivity contribution is 7.99. The number of thiophene rings is 1. The Morgan fingerprint density at radius 1 is 1.41 bits per heavy atom. The number of rotatable bonds is 6. The van der Waals surface area contributed by atoms with Gasteiger partial charge < -0.3 is 9.88 Å². The molecule has 4 rings (SSSR count). The molecule has 3 atom stereocenters. The van der Waals surface area contributed by atoms with Gasteiger partial charge in [-0.25, -0.2) is 0 Å². The minimum atomic E-state index is 0.109. The number of amides is 1. The number of nitrogens with zero attached hydrogens (tertiary/aromatic N) is 3. The monoisotopic (exact) mass is 404 g/mol. The lowest BCUT2D eigenvalue weighted by molar-refractivity contribution is -0.120. The number of thioether (sulfide) groups is 1. The molecule has 2 aromatic rings. The van der Waals surface area contributed by atoms with E-state index in [9.17, 15) is 4.79 Å². The van der Waals surface area contributed by atoms with Gasteiger partial charge in [0.1, 0.15) is 0 Å². The summed E-state index contributed by atoms with van der Waals surface area (Å²) in [4.78, 5) is 13.8. The predicted octanol–water partition coefficient (Wildman–Crippen LogP) is 4.45. The minimum Gasteiger partial charge on any atom is -0.352 e. The second kappa shape index (κ2) is 6.92. The van der Waals surface area contributed by atoms with Crippen molar-refractivity contribution in [1.29, 1.82) is 0 Å². The maximum absolute atomic E-state index is 12.6. The summed E-state index contributed by atoms with van der Waals surface area (Å²) in [5, 5.41) is 14.9. The molecule has 2 bridgehead atoms. The van der Waals surface area contributed by atoms with E-state index >= 15 is 0 Å². The molecule has 2 aliphatic carbocycles. The van der Waals surface area contributed by atoms with E-state index in [4.69, 9.17) is 0 Å². The Labute approximate surface area is 169 Å². The molecule has 0 spiro atoms. The third kappa shape index (κ3) is 3.03. The Bertz CT molecular complexity index is 829.